The molecule has 8 nitrogen and oxygen atoms in total. The Hall–Kier alpha value is -3.07. The van der Waals surface area contributed by atoms with Crippen molar-refractivity contribution in [2.45, 2.75) is 50.1 Å². The second-order valence-corrected chi connectivity index (χ2v) is 10.3. The number of thioether (sulfide) groups is 1. The Labute approximate surface area is 203 Å². The van der Waals surface area contributed by atoms with Crippen molar-refractivity contribution in [3.05, 3.63) is 54.0 Å². The largest absolute Gasteiger partial charge is 0.451 e. The average Bonchev–Trinajstić information content (AvgIpc) is 3.19. The number of ether oxygens (including phenoxy) is 1. The number of para-hydroxylation sites is 1. The third kappa shape index (κ3) is 6.08. The standard InChI is InChI=1S/C25H30N4O4S/c1-25(2,3)33-24(31)28-15-17-9-13-29(14-10-17)22(30)21-19(16-34-23-26-11-6-12-27-23)18-7-4-5-8-20(18)32-21/h4-8,11-12,17H,9-10,13-16H2,1-3H3,(H,28,31). The molecule has 9 heteroatoms. The number of nitrogens with one attached hydrogen (secondary N) is 1. The normalized spacial score (nSPS) is 14.9. The Balaban J connectivity index is 1.40. The molecule has 3 aromatic rings. The van der Waals surface area contributed by atoms with Crippen LogP contribution in [0.3, 0.4) is 0 Å². The molecule has 1 aliphatic heterocycles. The predicted molar refractivity (Wildman–Crippen MR) is 131 cm³/mol. The topological polar surface area (TPSA) is 97.6 Å². The van der Waals surface area contributed by atoms with Crippen LogP contribution in [0.15, 0.2) is 52.3 Å². The fourth-order valence-electron chi connectivity index (χ4n) is 3.94. The number of fused-ring (bicyclic) bond motifs is 1. The van der Waals surface area contributed by atoms with E-state index < -0.39 is 11.7 Å². The van der Waals surface area contributed by atoms with Crippen molar-refractivity contribution < 1.29 is 18.7 Å². The molecule has 0 saturated carbocycles. The van der Waals surface area contributed by atoms with E-state index in [2.05, 4.69) is 15.3 Å². The van der Waals surface area contributed by atoms with E-state index in [0.717, 1.165) is 23.8 Å². The molecule has 4 rings (SSSR count). The maximum atomic E-state index is 13.4. The average molecular weight is 483 g/mol. The Morgan fingerprint density at radius 2 is 1.85 bits per heavy atom. The molecule has 1 aromatic carbocycles. The first-order chi connectivity index (χ1) is 16.3. The number of likely N-dealkylation sites (tertiary alicyclic amines) is 1. The van der Waals surface area contributed by atoms with Gasteiger partial charge in [-0.2, -0.15) is 0 Å². The number of piperidine rings is 1. The van der Waals surface area contributed by atoms with Gasteiger partial charge in [0.05, 0.1) is 0 Å². The third-order valence-corrected chi connectivity index (χ3v) is 6.52. The lowest BCUT2D eigenvalue weighted by Gasteiger charge is -2.32. The first-order valence-corrected chi connectivity index (χ1v) is 12.4. The summed E-state index contributed by atoms with van der Waals surface area (Å²) in [6, 6.07) is 9.49. The van der Waals surface area contributed by atoms with Crippen molar-refractivity contribution in [2.75, 3.05) is 19.6 Å². The first-order valence-electron chi connectivity index (χ1n) is 11.5. The molecule has 2 amide bonds. The molecule has 34 heavy (non-hydrogen) atoms. The van der Waals surface area contributed by atoms with Gasteiger partial charge >= 0.3 is 6.09 Å². The number of alkyl carbamates (subject to hydrolysis) is 1. The molecule has 1 aliphatic rings. The molecule has 3 heterocycles. The van der Waals surface area contributed by atoms with E-state index in [-0.39, 0.29) is 5.91 Å². The molecule has 180 valence electrons. The minimum atomic E-state index is -0.519. The van der Waals surface area contributed by atoms with Crippen molar-refractivity contribution in [1.82, 2.24) is 20.2 Å². The van der Waals surface area contributed by atoms with Crippen LogP contribution in [0.5, 0.6) is 0 Å². The van der Waals surface area contributed by atoms with Crippen LogP contribution in [0, 0.1) is 5.92 Å². The lowest BCUT2D eigenvalue weighted by Crippen LogP contribution is -2.42. The number of rotatable bonds is 6. The van der Waals surface area contributed by atoms with E-state index in [0.29, 0.717) is 47.8 Å². The number of furan rings is 1. The summed E-state index contributed by atoms with van der Waals surface area (Å²) in [4.78, 5) is 35.7. The molecule has 0 aliphatic carbocycles. The lowest BCUT2D eigenvalue weighted by molar-refractivity contribution is 0.0497. The molecule has 1 saturated heterocycles. The quantitative estimate of drug-likeness (QED) is 0.394. The molecule has 0 unspecified atom stereocenters. The first kappa shape index (κ1) is 24.1. The van der Waals surface area contributed by atoms with Crippen molar-refractivity contribution in [3.8, 4) is 0 Å². The van der Waals surface area contributed by atoms with Crippen LogP contribution in [0.2, 0.25) is 0 Å². The summed E-state index contributed by atoms with van der Waals surface area (Å²) >= 11 is 1.48. The van der Waals surface area contributed by atoms with Crippen molar-refractivity contribution in [1.29, 1.82) is 0 Å². The second kappa shape index (κ2) is 10.5. The maximum absolute atomic E-state index is 13.4. The summed E-state index contributed by atoms with van der Waals surface area (Å²) in [5.41, 5.74) is 1.05. The van der Waals surface area contributed by atoms with Crippen LogP contribution in [-0.2, 0) is 10.5 Å². The van der Waals surface area contributed by atoms with Crippen molar-refractivity contribution >= 4 is 34.7 Å². The number of aromatic nitrogens is 2. The van der Waals surface area contributed by atoms with Gasteiger partial charge in [-0.25, -0.2) is 14.8 Å². The molecule has 2 aromatic heterocycles. The van der Waals surface area contributed by atoms with Gasteiger partial charge in [-0.3, -0.25) is 4.79 Å². The molecule has 0 spiro atoms. The number of benzene rings is 1. The molecule has 1 fully saturated rings. The van der Waals surface area contributed by atoms with Gasteiger partial charge in [0.2, 0.25) is 0 Å². The van der Waals surface area contributed by atoms with E-state index in [1.807, 2.05) is 49.9 Å². The molecule has 1 N–H and O–H groups in total. The fourth-order valence-corrected chi connectivity index (χ4v) is 4.77. The Bertz CT molecular complexity index is 1130. The highest BCUT2D eigenvalue weighted by atomic mass is 32.2. The van der Waals surface area contributed by atoms with Crippen LogP contribution in [0.1, 0.15) is 49.7 Å². The zero-order valence-electron chi connectivity index (χ0n) is 19.7. The predicted octanol–water partition coefficient (Wildman–Crippen LogP) is 4.89. The minimum absolute atomic E-state index is 0.0978. The molecular weight excluding hydrogens is 452 g/mol. The summed E-state index contributed by atoms with van der Waals surface area (Å²) in [7, 11) is 0. The fraction of sp³-hybridized carbons (Fsp3) is 0.440. The van der Waals surface area contributed by atoms with E-state index in [1.54, 1.807) is 18.5 Å². The number of carbonyl (C=O) groups is 2. The summed E-state index contributed by atoms with van der Waals surface area (Å²) in [6.45, 7) is 7.30. The van der Waals surface area contributed by atoms with Gasteiger partial charge in [0, 0.05) is 48.7 Å². The van der Waals surface area contributed by atoms with Crippen molar-refractivity contribution in [2.24, 2.45) is 5.92 Å². The summed E-state index contributed by atoms with van der Waals surface area (Å²) in [5.74, 6) is 1.13. The Morgan fingerprint density at radius 3 is 2.56 bits per heavy atom. The van der Waals surface area contributed by atoms with Gasteiger partial charge in [-0.05, 0) is 51.7 Å². The maximum Gasteiger partial charge on any atom is 0.407 e. The van der Waals surface area contributed by atoms with Crippen molar-refractivity contribution in [3.63, 3.8) is 0 Å². The van der Waals surface area contributed by atoms with Crippen LogP contribution in [-0.4, -0.2) is 52.1 Å². The highest BCUT2D eigenvalue weighted by Gasteiger charge is 2.29. The van der Waals surface area contributed by atoms with Crippen LogP contribution in [0.25, 0.3) is 11.0 Å². The second-order valence-electron chi connectivity index (χ2n) is 9.34. The minimum Gasteiger partial charge on any atom is -0.451 e. The van der Waals surface area contributed by atoms with Crippen LogP contribution in [0.4, 0.5) is 4.79 Å². The van der Waals surface area contributed by atoms with E-state index in [1.165, 1.54) is 11.8 Å². The zero-order chi connectivity index (χ0) is 24.1. The van der Waals surface area contributed by atoms with E-state index >= 15 is 0 Å². The van der Waals surface area contributed by atoms with Crippen LogP contribution >= 0.6 is 11.8 Å². The number of carbonyl (C=O) groups excluding carboxylic acids is 2. The third-order valence-electron chi connectivity index (χ3n) is 5.62. The highest BCUT2D eigenvalue weighted by Crippen LogP contribution is 2.32. The van der Waals surface area contributed by atoms with Gasteiger partial charge in [-0.1, -0.05) is 30.0 Å². The van der Waals surface area contributed by atoms with Gasteiger partial charge in [0.15, 0.2) is 10.9 Å². The lowest BCUT2D eigenvalue weighted by atomic mass is 9.96. The van der Waals surface area contributed by atoms with Gasteiger partial charge in [0.1, 0.15) is 11.2 Å². The number of hydrogen-bond acceptors (Lipinski definition) is 7. The molecule has 0 atom stereocenters. The number of amides is 2. The van der Waals surface area contributed by atoms with Crippen LogP contribution < -0.4 is 5.32 Å². The summed E-state index contributed by atoms with van der Waals surface area (Å²) < 4.78 is 11.3. The Kier molecular flexibility index (Phi) is 7.41. The molecular formula is C25H30N4O4S. The Morgan fingerprint density at radius 1 is 1.15 bits per heavy atom. The molecule has 0 bridgehead atoms. The smallest absolute Gasteiger partial charge is 0.407 e. The molecule has 0 radical (unpaired) electrons. The van der Waals surface area contributed by atoms with E-state index in [4.69, 9.17) is 9.15 Å². The summed E-state index contributed by atoms with van der Waals surface area (Å²) in [6.07, 6.45) is 4.62. The summed E-state index contributed by atoms with van der Waals surface area (Å²) in [5, 5.41) is 4.44. The number of hydrogen-bond donors (Lipinski definition) is 1. The highest BCUT2D eigenvalue weighted by molar-refractivity contribution is 7.98. The number of nitrogens with zero attached hydrogens (tertiary/aromatic N) is 3. The zero-order valence-corrected chi connectivity index (χ0v) is 20.6. The van der Waals surface area contributed by atoms with Gasteiger partial charge in [-0.15, -0.1) is 0 Å². The van der Waals surface area contributed by atoms with E-state index in [9.17, 15) is 9.59 Å². The van der Waals surface area contributed by atoms with Gasteiger partial charge in [0.25, 0.3) is 5.91 Å². The SMILES string of the molecule is CC(C)(C)OC(=O)NCC1CCN(C(=O)c2oc3ccccc3c2CSc2ncccn2)CC1. The van der Waals surface area contributed by atoms with Gasteiger partial charge < -0.3 is 19.4 Å². The monoisotopic (exact) mass is 482 g/mol.